The molecule has 2 aromatic rings. The van der Waals surface area contributed by atoms with Crippen molar-refractivity contribution in [3.8, 4) is 6.07 Å². The molecule has 0 spiro atoms. The van der Waals surface area contributed by atoms with Gasteiger partial charge in [-0.05, 0) is 37.5 Å². The molecule has 6 nitrogen and oxygen atoms in total. The van der Waals surface area contributed by atoms with Gasteiger partial charge in [0.2, 0.25) is 5.91 Å². The third-order valence-electron chi connectivity index (χ3n) is 4.78. The molecule has 6 heteroatoms. The van der Waals surface area contributed by atoms with Crippen molar-refractivity contribution in [1.29, 1.82) is 5.26 Å². The lowest BCUT2D eigenvalue weighted by molar-refractivity contribution is -0.126. The fraction of sp³-hybridized carbons (Fsp3) is 0.421. The summed E-state index contributed by atoms with van der Waals surface area (Å²) in [4.78, 5) is 28.0. The number of nitrogens with zero attached hydrogens (tertiary/aromatic N) is 1. The Morgan fingerprint density at radius 1 is 1.28 bits per heavy atom. The lowest BCUT2D eigenvalue weighted by Crippen LogP contribution is -2.48. The maximum atomic E-state index is 12.6. The quantitative estimate of drug-likeness (QED) is 0.747. The van der Waals surface area contributed by atoms with Gasteiger partial charge in [-0.1, -0.05) is 25.0 Å². The van der Waals surface area contributed by atoms with Crippen LogP contribution in [0, 0.1) is 24.2 Å². The molecule has 0 saturated heterocycles. The van der Waals surface area contributed by atoms with Crippen LogP contribution in [0.15, 0.2) is 24.3 Å². The van der Waals surface area contributed by atoms with Crippen molar-refractivity contribution in [2.45, 2.75) is 38.6 Å². The Hall–Kier alpha value is -2.81. The number of amides is 2. The number of hydrogen-bond acceptors (Lipinski definition) is 3. The second kappa shape index (κ2) is 7.39. The van der Waals surface area contributed by atoms with Crippen LogP contribution in [0.1, 0.15) is 41.7 Å². The molecule has 0 unspecified atom stereocenters. The highest BCUT2D eigenvalue weighted by Gasteiger charge is 2.32. The average molecular weight is 338 g/mol. The van der Waals surface area contributed by atoms with E-state index in [-0.39, 0.29) is 30.3 Å². The van der Waals surface area contributed by atoms with Crippen LogP contribution in [0.5, 0.6) is 0 Å². The van der Waals surface area contributed by atoms with Gasteiger partial charge >= 0.3 is 0 Å². The fourth-order valence-electron chi connectivity index (χ4n) is 3.48. The Labute approximate surface area is 146 Å². The van der Waals surface area contributed by atoms with Gasteiger partial charge in [0.05, 0.1) is 12.0 Å². The van der Waals surface area contributed by atoms with E-state index in [1.165, 1.54) is 0 Å². The zero-order valence-corrected chi connectivity index (χ0v) is 14.3. The third-order valence-corrected chi connectivity index (χ3v) is 4.78. The molecular weight excluding hydrogens is 316 g/mol. The summed E-state index contributed by atoms with van der Waals surface area (Å²) in [6.07, 6.45) is 3.45. The first kappa shape index (κ1) is 17.0. The van der Waals surface area contributed by atoms with Crippen molar-refractivity contribution in [3.63, 3.8) is 0 Å². The van der Waals surface area contributed by atoms with Crippen molar-refractivity contribution in [1.82, 2.24) is 15.6 Å². The van der Waals surface area contributed by atoms with Crippen LogP contribution >= 0.6 is 0 Å². The molecule has 0 bridgehead atoms. The van der Waals surface area contributed by atoms with Crippen LogP contribution < -0.4 is 10.6 Å². The summed E-state index contributed by atoms with van der Waals surface area (Å²) in [5, 5.41) is 15.2. The number of carbonyl (C=O) groups is 2. The van der Waals surface area contributed by atoms with E-state index >= 15 is 0 Å². The number of nitriles is 1. The van der Waals surface area contributed by atoms with E-state index in [9.17, 15) is 9.59 Å². The van der Waals surface area contributed by atoms with E-state index in [1.54, 1.807) is 0 Å². The number of aromatic amines is 1. The van der Waals surface area contributed by atoms with Crippen LogP contribution in [0.4, 0.5) is 0 Å². The second-order valence-electron chi connectivity index (χ2n) is 6.62. The van der Waals surface area contributed by atoms with Crippen LogP contribution in [0.2, 0.25) is 0 Å². The zero-order chi connectivity index (χ0) is 17.8. The molecule has 3 rings (SSSR count). The van der Waals surface area contributed by atoms with Gasteiger partial charge in [0.15, 0.2) is 0 Å². The number of benzene rings is 1. The Morgan fingerprint density at radius 2 is 2.08 bits per heavy atom. The normalized spacial score (nSPS) is 20.0. The van der Waals surface area contributed by atoms with Crippen molar-refractivity contribution < 1.29 is 9.59 Å². The van der Waals surface area contributed by atoms with Crippen LogP contribution in [0.25, 0.3) is 10.9 Å². The number of fused-ring (bicyclic) bond motifs is 1. The van der Waals surface area contributed by atoms with Gasteiger partial charge in [-0.25, -0.2) is 0 Å². The van der Waals surface area contributed by atoms with Crippen LogP contribution in [-0.2, 0) is 4.79 Å². The molecule has 130 valence electrons. The predicted octanol–water partition coefficient (Wildman–Crippen LogP) is 2.40. The Bertz CT molecular complexity index is 834. The Morgan fingerprint density at radius 3 is 2.88 bits per heavy atom. The Kier molecular flexibility index (Phi) is 5.03. The summed E-state index contributed by atoms with van der Waals surface area (Å²) in [5.41, 5.74) is 2.56. The fourth-order valence-corrected chi connectivity index (χ4v) is 3.48. The summed E-state index contributed by atoms with van der Waals surface area (Å²) < 4.78 is 0. The van der Waals surface area contributed by atoms with Crippen molar-refractivity contribution in [2.75, 3.05) is 6.54 Å². The minimum Gasteiger partial charge on any atom is -0.351 e. The summed E-state index contributed by atoms with van der Waals surface area (Å²) in [5.74, 6) is -0.629. The molecule has 1 saturated carbocycles. The van der Waals surface area contributed by atoms with Crippen molar-refractivity contribution >= 4 is 22.7 Å². The first-order valence-electron chi connectivity index (χ1n) is 8.63. The van der Waals surface area contributed by atoms with E-state index in [1.807, 2.05) is 37.3 Å². The number of aromatic nitrogens is 1. The molecule has 1 aromatic carbocycles. The Balaban J connectivity index is 1.72. The molecule has 1 heterocycles. The molecule has 0 radical (unpaired) electrons. The van der Waals surface area contributed by atoms with Crippen molar-refractivity contribution in [2.24, 2.45) is 5.92 Å². The minimum atomic E-state index is -0.280. The molecule has 2 atom stereocenters. The molecule has 25 heavy (non-hydrogen) atoms. The number of aryl methyl sites for hydroxylation is 1. The first-order chi connectivity index (χ1) is 12.1. The van der Waals surface area contributed by atoms with E-state index in [2.05, 4.69) is 15.6 Å². The van der Waals surface area contributed by atoms with E-state index < -0.39 is 0 Å². The molecule has 2 amide bonds. The number of H-pyrrole nitrogens is 1. The van der Waals surface area contributed by atoms with Gasteiger partial charge in [-0.3, -0.25) is 9.59 Å². The highest BCUT2D eigenvalue weighted by Crippen LogP contribution is 2.25. The standard InChI is InChI=1S/C19H22N4O2/c1-12-6-7-13-11-17(22-16(13)10-12)19(25)23-15-5-3-2-4-14(15)18(24)21-9-8-20/h6-7,10-11,14-15,22H,2-5,9H2,1H3,(H,21,24)(H,23,25)/t14-,15+/m1/s1. The van der Waals surface area contributed by atoms with Crippen LogP contribution in [0.3, 0.4) is 0 Å². The molecule has 1 fully saturated rings. The topological polar surface area (TPSA) is 97.8 Å². The van der Waals surface area contributed by atoms with Gasteiger partial charge in [0.1, 0.15) is 12.2 Å². The SMILES string of the molecule is Cc1ccc2cc(C(=O)N[C@H]3CCCC[C@H]3C(=O)NCC#N)[nH]c2c1. The number of hydrogen-bond donors (Lipinski definition) is 3. The smallest absolute Gasteiger partial charge is 0.267 e. The monoisotopic (exact) mass is 338 g/mol. The molecule has 1 aromatic heterocycles. The third kappa shape index (κ3) is 3.82. The second-order valence-corrected chi connectivity index (χ2v) is 6.62. The highest BCUT2D eigenvalue weighted by molar-refractivity contribution is 5.98. The van der Waals surface area contributed by atoms with E-state index in [0.29, 0.717) is 5.69 Å². The molecule has 1 aliphatic carbocycles. The largest absolute Gasteiger partial charge is 0.351 e. The summed E-state index contributed by atoms with van der Waals surface area (Å²) in [7, 11) is 0. The number of carbonyl (C=O) groups excluding carboxylic acids is 2. The van der Waals surface area contributed by atoms with Gasteiger partial charge in [-0.15, -0.1) is 0 Å². The maximum absolute atomic E-state index is 12.6. The van der Waals surface area contributed by atoms with Gasteiger partial charge < -0.3 is 15.6 Å². The molecular formula is C19H22N4O2. The molecule has 0 aliphatic heterocycles. The van der Waals surface area contributed by atoms with Gasteiger partial charge in [0, 0.05) is 16.9 Å². The number of nitrogens with one attached hydrogen (secondary N) is 3. The lowest BCUT2D eigenvalue weighted by atomic mass is 9.83. The molecule has 3 N–H and O–H groups in total. The highest BCUT2D eigenvalue weighted by atomic mass is 16.2. The van der Waals surface area contributed by atoms with Gasteiger partial charge in [0.25, 0.3) is 5.91 Å². The average Bonchev–Trinajstić information content (AvgIpc) is 3.03. The zero-order valence-electron chi connectivity index (χ0n) is 14.3. The predicted molar refractivity (Wildman–Crippen MR) is 94.9 cm³/mol. The van der Waals surface area contributed by atoms with E-state index in [4.69, 9.17) is 5.26 Å². The summed E-state index contributed by atoms with van der Waals surface area (Å²) in [6, 6.07) is 9.54. The number of rotatable bonds is 4. The van der Waals surface area contributed by atoms with Crippen molar-refractivity contribution in [3.05, 3.63) is 35.5 Å². The molecule has 1 aliphatic rings. The summed E-state index contributed by atoms with van der Waals surface area (Å²) in [6.45, 7) is 2.00. The lowest BCUT2D eigenvalue weighted by Gasteiger charge is -2.30. The first-order valence-corrected chi connectivity index (χ1v) is 8.63. The minimum absolute atomic E-state index is 0.00261. The summed E-state index contributed by atoms with van der Waals surface area (Å²) >= 11 is 0. The van der Waals surface area contributed by atoms with Crippen LogP contribution in [-0.4, -0.2) is 29.4 Å². The van der Waals surface area contributed by atoms with Gasteiger partial charge in [-0.2, -0.15) is 5.26 Å². The maximum Gasteiger partial charge on any atom is 0.267 e. The van der Waals surface area contributed by atoms with E-state index in [0.717, 1.165) is 42.1 Å².